The number of carbonyl (C=O) groups excluding carboxylic acids is 1. The van der Waals surface area contributed by atoms with Gasteiger partial charge in [0.25, 0.3) is 5.91 Å². The lowest BCUT2D eigenvalue weighted by Crippen LogP contribution is -2.32. The first-order chi connectivity index (χ1) is 14.3. The van der Waals surface area contributed by atoms with Crippen LogP contribution in [-0.4, -0.2) is 38.6 Å². The van der Waals surface area contributed by atoms with Gasteiger partial charge in [0.1, 0.15) is 5.52 Å². The van der Waals surface area contributed by atoms with Crippen LogP contribution in [0.15, 0.2) is 50.2 Å². The number of aryl methyl sites for hydroxylation is 1. The minimum absolute atomic E-state index is 0.0106. The van der Waals surface area contributed by atoms with Gasteiger partial charge in [-0.25, -0.2) is 18.1 Å². The Morgan fingerprint density at radius 1 is 1.27 bits per heavy atom. The fourth-order valence-electron chi connectivity index (χ4n) is 3.26. The molecule has 2 heterocycles. The first kappa shape index (κ1) is 21.0. The molecule has 0 bridgehead atoms. The summed E-state index contributed by atoms with van der Waals surface area (Å²) in [6.07, 6.45) is 1.63. The van der Waals surface area contributed by atoms with E-state index < -0.39 is 15.9 Å². The minimum Gasteiger partial charge on any atom is -0.441 e. The van der Waals surface area contributed by atoms with E-state index in [0.29, 0.717) is 33.8 Å². The zero-order valence-electron chi connectivity index (χ0n) is 16.1. The highest BCUT2D eigenvalue weighted by molar-refractivity contribution is 9.10. The first-order valence-electron chi connectivity index (χ1n) is 9.41. The number of hydrogen-bond donors (Lipinski definition) is 2. The molecule has 1 aliphatic heterocycles. The Kier molecular flexibility index (Phi) is 5.92. The number of halogens is 1. The number of ether oxygens (including phenoxy) is 1. The van der Waals surface area contributed by atoms with E-state index in [0.717, 1.165) is 12.8 Å². The van der Waals surface area contributed by atoms with Gasteiger partial charge >= 0.3 is 0 Å². The van der Waals surface area contributed by atoms with Crippen molar-refractivity contribution < 1.29 is 22.4 Å². The monoisotopic (exact) mass is 493 g/mol. The van der Waals surface area contributed by atoms with Crippen molar-refractivity contribution in [2.24, 2.45) is 0 Å². The molecule has 0 saturated carbocycles. The Labute approximate surface area is 182 Å². The molecule has 1 atom stereocenters. The van der Waals surface area contributed by atoms with Gasteiger partial charge in [-0.2, -0.15) is 0 Å². The van der Waals surface area contributed by atoms with Gasteiger partial charge in [0.05, 0.1) is 16.6 Å². The summed E-state index contributed by atoms with van der Waals surface area (Å²) < 4.78 is 39.2. The Morgan fingerprint density at radius 3 is 2.87 bits per heavy atom. The minimum atomic E-state index is -3.77. The molecule has 1 amide bonds. The van der Waals surface area contributed by atoms with Crippen molar-refractivity contribution in [3.8, 4) is 0 Å². The van der Waals surface area contributed by atoms with Crippen molar-refractivity contribution in [1.82, 2.24) is 9.71 Å². The van der Waals surface area contributed by atoms with Crippen LogP contribution in [0.2, 0.25) is 0 Å². The average Bonchev–Trinajstić information content (AvgIpc) is 3.34. The van der Waals surface area contributed by atoms with Gasteiger partial charge in [-0.15, -0.1) is 0 Å². The quantitative estimate of drug-likeness (QED) is 0.542. The maximum Gasteiger partial charge on any atom is 0.256 e. The fourth-order valence-corrected chi connectivity index (χ4v) is 4.77. The summed E-state index contributed by atoms with van der Waals surface area (Å²) in [6, 6.07) is 9.44. The van der Waals surface area contributed by atoms with Gasteiger partial charge in [-0.3, -0.25) is 4.79 Å². The van der Waals surface area contributed by atoms with Crippen molar-refractivity contribution in [2.45, 2.75) is 30.8 Å². The van der Waals surface area contributed by atoms with Crippen LogP contribution in [0.25, 0.3) is 11.1 Å². The zero-order valence-corrected chi connectivity index (χ0v) is 18.5. The normalized spacial score (nSPS) is 16.8. The van der Waals surface area contributed by atoms with Crippen LogP contribution in [0, 0.1) is 6.92 Å². The van der Waals surface area contributed by atoms with Crippen LogP contribution in [0.1, 0.15) is 29.1 Å². The van der Waals surface area contributed by atoms with Gasteiger partial charge in [-0.1, -0.05) is 0 Å². The van der Waals surface area contributed by atoms with Gasteiger partial charge in [0, 0.05) is 30.2 Å². The lowest BCUT2D eigenvalue weighted by Gasteiger charge is -2.13. The molecule has 8 nitrogen and oxygen atoms in total. The predicted octanol–water partition coefficient (Wildman–Crippen LogP) is 3.61. The van der Waals surface area contributed by atoms with Crippen LogP contribution >= 0.6 is 15.9 Å². The summed E-state index contributed by atoms with van der Waals surface area (Å²) in [6.45, 7) is 2.60. The smallest absolute Gasteiger partial charge is 0.256 e. The fraction of sp³-hybridized carbons (Fsp3) is 0.300. The van der Waals surface area contributed by atoms with Gasteiger partial charge in [0.15, 0.2) is 11.5 Å². The number of oxazole rings is 1. The first-order valence-corrected chi connectivity index (χ1v) is 11.7. The highest BCUT2D eigenvalue weighted by Crippen LogP contribution is 2.24. The molecule has 158 valence electrons. The molecule has 0 radical (unpaired) electrons. The summed E-state index contributed by atoms with van der Waals surface area (Å²) >= 11 is 3.32. The van der Waals surface area contributed by atoms with Gasteiger partial charge < -0.3 is 14.5 Å². The van der Waals surface area contributed by atoms with E-state index in [1.807, 2.05) is 0 Å². The van der Waals surface area contributed by atoms with E-state index in [2.05, 4.69) is 31.0 Å². The highest BCUT2D eigenvalue weighted by Gasteiger charge is 2.22. The molecule has 1 aliphatic rings. The summed E-state index contributed by atoms with van der Waals surface area (Å²) in [5.74, 6) is 0.0854. The number of aromatic nitrogens is 1. The summed E-state index contributed by atoms with van der Waals surface area (Å²) in [7, 11) is -3.77. The molecule has 0 aliphatic carbocycles. The van der Waals surface area contributed by atoms with E-state index >= 15 is 0 Å². The van der Waals surface area contributed by atoms with Gasteiger partial charge in [-0.05, 0) is 65.2 Å². The molecule has 30 heavy (non-hydrogen) atoms. The molecular weight excluding hydrogens is 474 g/mol. The molecular formula is C20H20BrN3O5S. The van der Waals surface area contributed by atoms with Crippen molar-refractivity contribution in [3.63, 3.8) is 0 Å². The third-order valence-corrected chi connectivity index (χ3v) is 6.88. The Hall–Kier alpha value is -2.27. The van der Waals surface area contributed by atoms with E-state index in [9.17, 15) is 13.2 Å². The van der Waals surface area contributed by atoms with Crippen molar-refractivity contribution in [1.29, 1.82) is 0 Å². The number of carbonyl (C=O) groups is 1. The number of hydrogen-bond acceptors (Lipinski definition) is 6. The average molecular weight is 494 g/mol. The molecule has 2 aromatic carbocycles. The molecule has 2 N–H and O–H groups in total. The predicted molar refractivity (Wildman–Crippen MR) is 115 cm³/mol. The van der Waals surface area contributed by atoms with E-state index in [1.54, 1.807) is 31.2 Å². The van der Waals surface area contributed by atoms with Crippen LogP contribution in [-0.2, 0) is 14.8 Å². The second-order valence-corrected chi connectivity index (χ2v) is 9.62. The standard InChI is InChI=1S/C20H20BrN3O5S/c1-12-23-18-9-13(4-7-19(18)29-12)24-20(25)16-10-15(5-6-17(16)21)30(26,27)22-11-14-3-2-8-28-14/h4-7,9-10,14,22H,2-3,8,11H2,1H3,(H,24,25). The maximum atomic E-state index is 12.8. The van der Waals surface area contributed by atoms with Gasteiger partial charge in [0.2, 0.25) is 10.0 Å². The van der Waals surface area contributed by atoms with E-state index in [-0.39, 0.29) is 23.1 Å². The molecule has 0 spiro atoms. The van der Waals surface area contributed by atoms with Crippen molar-refractivity contribution in [2.75, 3.05) is 18.5 Å². The second kappa shape index (κ2) is 8.46. The Balaban J connectivity index is 1.53. The summed E-state index contributed by atoms with van der Waals surface area (Å²) in [5, 5.41) is 2.77. The summed E-state index contributed by atoms with van der Waals surface area (Å²) in [5.41, 5.74) is 1.97. The number of rotatable bonds is 6. The van der Waals surface area contributed by atoms with Crippen LogP contribution in [0.4, 0.5) is 5.69 Å². The number of nitrogens with zero attached hydrogens (tertiary/aromatic N) is 1. The van der Waals surface area contributed by atoms with Crippen molar-refractivity contribution >= 4 is 48.6 Å². The highest BCUT2D eigenvalue weighted by atomic mass is 79.9. The molecule has 3 aromatic rings. The lowest BCUT2D eigenvalue weighted by atomic mass is 10.2. The number of amides is 1. The topological polar surface area (TPSA) is 111 Å². The second-order valence-electron chi connectivity index (χ2n) is 7.00. The molecule has 1 aromatic heterocycles. The maximum absolute atomic E-state index is 12.8. The number of sulfonamides is 1. The molecule has 1 saturated heterocycles. The molecule has 1 fully saturated rings. The van der Waals surface area contributed by atoms with Crippen molar-refractivity contribution in [3.05, 3.63) is 52.3 Å². The largest absolute Gasteiger partial charge is 0.441 e. The van der Waals surface area contributed by atoms with E-state index in [4.69, 9.17) is 9.15 Å². The molecule has 1 unspecified atom stereocenters. The number of anilines is 1. The Morgan fingerprint density at radius 2 is 2.10 bits per heavy atom. The van der Waals surface area contributed by atoms with E-state index in [1.165, 1.54) is 12.1 Å². The third-order valence-electron chi connectivity index (χ3n) is 4.77. The number of benzene rings is 2. The van der Waals surface area contributed by atoms with Crippen LogP contribution < -0.4 is 10.0 Å². The van der Waals surface area contributed by atoms with Crippen LogP contribution in [0.3, 0.4) is 0 Å². The lowest BCUT2D eigenvalue weighted by molar-refractivity contribution is 0.102. The zero-order chi connectivity index (χ0) is 21.3. The third kappa shape index (κ3) is 4.56. The molecule has 4 rings (SSSR count). The number of fused-ring (bicyclic) bond motifs is 1. The summed E-state index contributed by atoms with van der Waals surface area (Å²) in [4.78, 5) is 17.1. The SMILES string of the molecule is Cc1nc2cc(NC(=O)c3cc(S(=O)(=O)NCC4CCCO4)ccc3Br)ccc2o1. The Bertz CT molecular complexity index is 1200. The number of nitrogens with one attached hydrogen (secondary N) is 2. The van der Waals surface area contributed by atoms with Crippen LogP contribution in [0.5, 0.6) is 0 Å². The molecule has 10 heteroatoms.